The van der Waals surface area contributed by atoms with Gasteiger partial charge in [-0.15, -0.1) is 0 Å². The van der Waals surface area contributed by atoms with Crippen LogP contribution in [0.5, 0.6) is 0 Å². The summed E-state index contributed by atoms with van der Waals surface area (Å²) in [6, 6.07) is 15.7. The number of guanidine groups is 1. The summed E-state index contributed by atoms with van der Waals surface area (Å²) in [4.78, 5) is 6.32. The first-order valence-corrected chi connectivity index (χ1v) is 8.45. The van der Waals surface area contributed by atoms with E-state index in [2.05, 4.69) is 24.0 Å². The molecular formula is C19H19Cl2N3. The van der Waals surface area contributed by atoms with Crippen LogP contribution in [0.2, 0.25) is 10.0 Å². The molecule has 2 aromatic carbocycles. The fourth-order valence-electron chi connectivity index (χ4n) is 3.05. The molecule has 0 saturated carbocycles. The van der Waals surface area contributed by atoms with Crippen LogP contribution in [-0.2, 0) is 6.42 Å². The molecule has 0 aliphatic carbocycles. The lowest BCUT2D eigenvalue weighted by Gasteiger charge is -2.44. The van der Waals surface area contributed by atoms with Crippen molar-refractivity contribution < 1.29 is 0 Å². The third-order valence-electron chi connectivity index (χ3n) is 4.66. The van der Waals surface area contributed by atoms with E-state index in [4.69, 9.17) is 28.9 Å². The first kappa shape index (κ1) is 16.9. The summed E-state index contributed by atoms with van der Waals surface area (Å²) in [7, 11) is 1.94. The fraction of sp³-hybridized carbons (Fsp3) is 0.211. The third kappa shape index (κ3) is 2.90. The van der Waals surface area contributed by atoms with Gasteiger partial charge in [0.25, 0.3) is 0 Å². The van der Waals surface area contributed by atoms with Gasteiger partial charge in [-0.2, -0.15) is 0 Å². The Bertz CT molecular complexity index is 794. The number of aliphatic imine (C=N–C) groups is 1. The molecule has 1 heterocycles. The zero-order valence-electron chi connectivity index (χ0n) is 13.6. The van der Waals surface area contributed by atoms with Crippen molar-refractivity contribution in [3.63, 3.8) is 0 Å². The standard InChI is InChI=1S/C19H19Cl2N3/c1-19(11-14-16(20)9-6-10-17(14)21)15(12-23-18(22)24(19)2)13-7-4-3-5-8-13/h3-10,12H,11H2,1-2H3,(H2,22,23). The number of nitrogens with two attached hydrogens (primary N) is 1. The number of halogens is 2. The zero-order valence-corrected chi connectivity index (χ0v) is 15.1. The Hall–Kier alpha value is -1.97. The molecule has 0 fully saturated rings. The maximum absolute atomic E-state index is 6.40. The molecule has 0 aromatic heterocycles. The predicted molar refractivity (Wildman–Crippen MR) is 102 cm³/mol. The van der Waals surface area contributed by atoms with E-state index in [1.165, 1.54) is 0 Å². The highest BCUT2D eigenvalue weighted by Crippen LogP contribution is 2.39. The summed E-state index contributed by atoms with van der Waals surface area (Å²) in [5.74, 6) is 0.473. The van der Waals surface area contributed by atoms with Gasteiger partial charge >= 0.3 is 0 Å². The van der Waals surface area contributed by atoms with Crippen molar-refractivity contribution in [1.82, 2.24) is 4.90 Å². The van der Waals surface area contributed by atoms with Crippen molar-refractivity contribution in [2.45, 2.75) is 18.9 Å². The van der Waals surface area contributed by atoms with Crippen LogP contribution >= 0.6 is 23.2 Å². The van der Waals surface area contributed by atoms with Gasteiger partial charge in [-0.05, 0) is 30.2 Å². The van der Waals surface area contributed by atoms with E-state index in [0.717, 1.165) is 16.7 Å². The Balaban J connectivity index is 2.11. The monoisotopic (exact) mass is 359 g/mol. The van der Waals surface area contributed by atoms with Gasteiger partial charge in [0.1, 0.15) is 0 Å². The van der Waals surface area contributed by atoms with Gasteiger partial charge in [-0.3, -0.25) is 0 Å². The van der Waals surface area contributed by atoms with Gasteiger partial charge in [0.05, 0.1) is 5.54 Å². The molecule has 124 valence electrons. The topological polar surface area (TPSA) is 41.6 Å². The highest BCUT2D eigenvalue weighted by atomic mass is 35.5. The fourth-order valence-corrected chi connectivity index (χ4v) is 3.58. The van der Waals surface area contributed by atoms with Crippen LogP contribution < -0.4 is 5.73 Å². The van der Waals surface area contributed by atoms with E-state index in [-0.39, 0.29) is 0 Å². The first-order valence-electron chi connectivity index (χ1n) is 7.69. The van der Waals surface area contributed by atoms with E-state index in [1.54, 1.807) is 0 Å². The molecule has 24 heavy (non-hydrogen) atoms. The van der Waals surface area contributed by atoms with Crippen molar-refractivity contribution >= 4 is 34.7 Å². The molecule has 0 bridgehead atoms. The van der Waals surface area contributed by atoms with E-state index in [0.29, 0.717) is 22.4 Å². The molecule has 1 aliphatic rings. The zero-order chi connectivity index (χ0) is 17.3. The Morgan fingerprint density at radius 3 is 2.29 bits per heavy atom. The second-order valence-corrected chi connectivity index (χ2v) is 6.92. The SMILES string of the molecule is CN1C(N)=NC=C(c2ccccc2)C1(C)Cc1c(Cl)cccc1Cl. The number of hydrogen-bond donors (Lipinski definition) is 1. The Labute approximate surface area is 152 Å². The minimum atomic E-state index is -0.415. The molecule has 1 unspecified atom stereocenters. The molecule has 3 nitrogen and oxygen atoms in total. The minimum Gasteiger partial charge on any atom is -0.369 e. The molecular weight excluding hydrogens is 341 g/mol. The molecule has 0 radical (unpaired) electrons. The van der Waals surface area contributed by atoms with Crippen LogP contribution in [0.15, 0.2) is 59.7 Å². The minimum absolute atomic E-state index is 0.415. The van der Waals surface area contributed by atoms with Crippen molar-refractivity contribution in [2.75, 3.05) is 7.05 Å². The van der Waals surface area contributed by atoms with Crippen molar-refractivity contribution in [3.8, 4) is 0 Å². The summed E-state index contributed by atoms with van der Waals surface area (Å²) in [5.41, 5.74) is 8.77. The van der Waals surface area contributed by atoms with Gasteiger partial charge < -0.3 is 10.6 Å². The first-order chi connectivity index (χ1) is 11.4. The molecule has 1 aliphatic heterocycles. The quantitative estimate of drug-likeness (QED) is 0.870. The normalized spacial score (nSPS) is 20.6. The van der Waals surface area contributed by atoms with Gasteiger partial charge in [0.15, 0.2) is 5.96 Å². The highest BCUT2D eigenvalue weighted by molar-refractivity contribution is 6.36. The van der Waals surface area contributed by atoms with E-state index in [9.17, 15) is 0 Å². The Morgan fingerprint density at radius 2 is 1.67 bits per heavy atom. The molecule has 3 rings (SSSR count). The largest absolute Gasteiger partial charge is 0.369 e. The molecule has 5 heteroatoms. The number of rotatable bonds is 3. The lowest BCUT2D eigenvalue weighted by atomic mass is 9.80. The van der Waals surface area contributed by atoms with Crippen LogP contribution in [-0.4, -0.2) is 23.4 Å². The van der Waals surface area contributed by atoms with E-state index < -0.39 is 5.54 Å². The van der Waals surface area contributed by atoms with Gasteiger partial charge in [-0.25, -0.2) is 4.99 Å². The third-order valence-corrected chi connectivity index (χ3v) is 5.37. The second kappa shape index (κ2) is 6.50. The summed E-state index contributed by atoms with van der Waals surface area (Å²) in [6.45, 7) is 2.13. The molecule has 0 amide bonds. The van der Waals surface area contributed by atoms with Gasteiger partial charge in [0, 0.05) is 35.3 Å². The number of hydrogen-bond acceptors (Lipinski definition) is 3. The van der Waals surface area contributed by atoms with E-state index in [1.807, 2.05) is 54.5 Å². The lowest BCUT2D eigenvalue weighted by Crippen LogP contribution is -2.54. The van der Waals surface area contributed by atoms with E-state index >= 15 is 0 Å². The molecule has 1 atom stereocenters. The van der Waals surface area contributed by atoms with Gasteiger partial charge in [-0.1, -0.05) is 59.6 Å². The van der Waals surface area contributed by atoms with Crippen molar-refractivity contribution in [2.24, 2.45) is 10.7 Å². The smallest absolute Gasteiger partial charge is 0.196 e. The maximum atomic E-state index is 6.40. The average molecular weight is 360 g/mol. The van der Waals surface area contributed by atoms with Crippen LogP contribution in [0.3, 0.4) is 0 Å². The van der Waals surface area contributed by atoms with Crippen molar-refractivity contribution in [1.29, 1.82) is 0 Å². The molecule has 2 N–H and O–H groups in total. The average Bonchev–Trinajstić information content (AvgIpc) is 2.57. The number of benzene rings is 2. The Morgan fingerprint density at radius 1 is 1.04 bits per heavy atom. The van der Waals surface area contributed by atoms with Crippen LogP contribution in [0.4, 0.5) is 0 Å². The molecule has 0 spiro atoms. The maximum Gasteiger partial charge on any atom is 0.196 e. The van der Waals surface area contributed by atoms with Crippen LogP contribution in [0, 0.1) is 0 Å². The summed E-state index contributed by atoms with van der Waals surface area (Å²) < 4.78 is 0. The van der Waals surface area contributed by atoms with Crippen LogP contribution in [0.25, 0.3) is 5.57 Å². The lowest BCUT2D eigenvalue weighted by molar-refractivity contribution is 0.296. The predicted octanol–water partition coefficient (Wildman–Crippen LogP) is 4.60. The van der Waals surface area contributed by atoms with Crippen LogP contribution in [0.1, 0.15) is 18.1 Å². The summed E-state index contributed by atoms with van der Waals surface area (Å²) in [5, 5.41) is 1.32. The highest BCUT2D eigenvalue weighted by Gasteiger charge is 2.38. The summed E-state index contributed by atoms with van der Waals surface area (Å²) in [6.07, 6.45) is 2.47. The van der Waals surface area contributed by atoms with Crippen molar-refractivity contribution in [3.05, 3.63) is 75.9 Å². The summed E-state index contributed by atoms with van der Waals surface area (Å²) >= 11 is 12.8. The molecule has 0 saturated heterocycles. The number of nitrogens with zero attached hydrogens (tertiary/aromatic N) is 2. The van der Waals surface area contributed by atoms with Gasteiger partial charge in [0.2, 0.25) is 0 Å². The molecule has 2 aromatic rings. The second-order valence-electron chi connectivity index (χ2n) is 6.11. The Kier molecular flexibility index (Phi) is 4.57. The number of likely N-dealkylation sites (N-methyl/N-ethyl adjacent to an activating group) is 1.